The van der Waals surface area contributed by atoms with E-state index in [0.29, 0.717) is 17.9 Å². The van der Waals surface area contributed by atoms with E-state index in [4.69, 9.17) is 9.97 Å². The van der Waals surface area contributed by atoms with Crippen LogP contribution in [0.15, 0.2) is 47.8 Å². The van der Waals surface area contributed by atoms with E-state index in [-0.39, 0.29) is 5.91 Å². The molecule has 37 heavy (non-hydrogen) atoms. The van der Waals surface area contributed by atoms with E-state index in [1.807, 2.05) is 50.2 Å². The third-order valence-corrected chi connectivity index (χ3v) is 8.31. The lowest BCUT2D eigenvalue weighted by Gasteiger charge is -2.29. The molecule has 0 atom stereocenters. The van der Waals surface area contributed by atoms with E-state index in [0.717, 1.165) is 72.4 Å². The number of carbonyl (C=O) groups is 1. The number of hydrogen-bond donors (Lipinski definition) is 2. The van der Waals surface area contributed by atoms with Crippen molar-refractivity contribution in [3.05, 3.63) is 69.7 Å². The fourth-order valence-electron chi connectivity index (χ4n) is 5.32. The first-order valence-electron chi connectivity index (χ1n) is 13.1. The number of thiophene rings is 1. The summed E-state index contributed by atoms with van der Waals surface area (Å²) in [6, 6.07) is 14.7. The number of benzene rings is 1. The van der Waals surface area contributed by atoms with E-state index in [2.05, 4.69) is 45.7 Å². The minimum Gasteiger partial charge on any atom is -0.362 e. The second kappa shape index (κ2) is 10.9. The Bertz CT molecular complexity index is 1370. The molecule has 0 radical (unpaired) electrons. The van der Waals surface area contributed by atoms with Crippen LogP contribution in [0.3, 0.4) is 0 Å². The third kappa shape index (κ3) is 5.64. The molecule has 194 valence electrons. The molecular weight excluding hydrogens is 480 g/mol. The zero-order chi connectivity index (χ0) is 25.9. The fourth-order valence-corrected chi connectivity index (χ4v) is 6.02. The van der Waals surface area contributed by atoms with Gasteiger partial charge in [-0.05, 0) is 75.1 Å². The summed E-state index contributed by atoms with van der Waals surface area (Å²) >= 11 is 1.75. The second-order valence-corrected chi connectivity index (χ2v) is 11.3. The van der Waals surface area contributed by atoms with Crippen LogP contribution in [0.25, 0.3) is 10.9 Å². The largest absolute Gasteiger partial charge is 0.362 e. The molecular formula is C29H36N6OS. The Morgan fingerprint density at radius 3 is 2.59 bits per heavy atom. The minimum absolute atomic E-state index is 0.0338. The molecule has 0 saturated heterocycles. The fraction of sp³-hybridized carbons (Fsp3) is 0.414. The maximum absolute atomic E-state index is 13.0. The van der Waals surface area contributed by atoms with Gasteiger partial charge in [0.05, 0.1) is 17.6 Å². The lowest BCUT2D eigenvalue weighted by atomic mass is 9.86. The van der Waals surface area contributed by atoms with Crippen LogP contribution in [0.1, 0.15) is 52.3 Å². The smallest absolute Gasteiger partial charge is 0.253 e. The van der Waals surface area contributed by atoms with Crippen molar-refractivity contribution in [3.63, 3.8) is 0 Å². The first kappa shape index (κ1) is 25.3. The maximum atomic E-state index is 13.0. The number of rotatable bonds is 8. The van der Waals surface area contributed by atoms with Gasteiger partial charge in [-0.3, -0.25) is 4.79 Å². The molecule has 0 aliphatic heterocycles. The molecule has 5 rings (SSSR count). The molecule has 1 aliphatic rings. The molecule has 3 heterocycles. The molecule has 3 aromatic heterocycles. The zero-order valence-electron chi connectivity index (χ0n) is 22.1. The molecule has 2 N–H and O–H groups in total. The molecule has 1 aliphatic carbocycles. The van der Waals surface area contributed by atoms with Crippen LogP contribution in [0.5, 0.6) is 0 Å². The molecule has 7 nitrogen and oxygen atoms in total. The highest BCUT2D eigenvalue weighted by Crippen LogP contribution is 2.28. The molecule has 1 amide bonds. The Morgan fingerprint density at radius 2 is 1.86 bits per heavy atom. The molecule has 0 spiro atoms. The number of amides is 1. The van der Waals surface area contributed by atoms with Gasteiger partial charge >= 0.3 is 0 Å². The van der Waals surface area contributed by atoms with E-state index >= 15 is 0 Å². The van der Waals surface area contributed by atoms with Crippen molar-refractivity contribution < 1.29 is 4.79 Å². The molecule has 0 bridgehead atoms. The minimum atomic E-state index is 0.0338. The number of aryl methyl sites for hydroxylation is 1. The Kier molecular flexibility index (Phi) is 7.46. The van der Waals surface area contributed by atoms with E-state index in [1.165, 1.54) is 4.88 Å². The van der Waals surface area contributed by atoms with Crippen LogP contribution in [0, 0.1) is 19.8 Å². The summed E-state index contributed by atoms with van der Waals surface area (Å²) < 4.78 is 2.23. The number of para-hydroxylation sites is 1. The molecule has 8 heteroatoms. The topological polar surface area (TPSA) is 75.1 Å². The number of aromatic nitrogens is 3. The van der Waals surface area contributed by atoms with Crippen molar-refractivity contribution in [2.45, 2.75) is 52.1 Å². The lowest BCUT2D eigenvalue weighted by molar-refractivity contribution is 0.0942. The summed E-state index contributed by atoms with van der Waals surface area (Å²) in [4.78, 5) is 25.9. The predicted octanol–water partition coefficient (Wildman–Crippen LogP) is 5.62. The van der Waals surface area contributed by atoms with Crippen LogP contribution in [-0.2, 0) is 6.54 Å². The van der Waals surface area contributed by atoms with Crippen LogP contribution in [-0.4, -0.2) is 47.1 Å². The van der Waals surface area contributed by atoms with Gasteiger partial charge in [0.2, 0.25) is 5.95 Å². The molecule has 1 aromatic carbocycles. The molecule has 1 saturated carbocycles. The van der Waals surface area contributed by atoms with Gasteiger partial charge in [-0.25, -0.2) is 4.98 Å². The van der Waals surface area contributed by atoms with Gasteiger partial charge in [0.25, 0.3) is 5.91 Å². The summed E-state index contributed by atoms with van der Waals surface area (Å²) in [5.74, 6) is 2.15. The quantitative estimate of drug-likeness (QED) is 0.318. The summed E-state index contributed by atoms with van der Waals surface area (Å²) in [6.45, 7) is 5.66. The lowest BCUT2D eigenvalue weighted by Crippen LogP contribution is -2.34. The van der Waals surface area contributed by atoms with E-state index < -0.39 is 0 Å². The summed E-state index contributed by atoms with van der Waals surface area (Å²) in [5, 5.41) is 9.94. The number of nitrogens with zero attached hydrogens (tertiary/aromatic N) is 4. The van der Waals surface area contributed by atoms with Crippen molar-refractivity contribution in [1.82, 2.24) is 19.9 Å². The Labute approximate surface area is 222 Å². The second-order valence-electron chi connectivity index (χ2n) is 10.3. The van der Waals surface area contributed by atoms with Gasteiger partial charge in [-0.2, -0.15) is 4.98 Å². The predicted molar refractivity (Wildman–Crippen MR) is 153 cm³/mol. The Balaban J connectivity index is 1.15. The van der Waals surface area contributed by atoms with Crippen molar-refractivity contribution in [2.75, 3.05) is 30.9 Å². The van der Waals surface area contributed by atoms with Gasteiger partial charge in [0, 0.05) is 48.3 Å². The SMILES string of the molecule is Cc1cc(C(=O)NCC2CCC(Nc3nc(N(C)C)c4ccccc4n3)CC2)c(C)n1Cc1cccs1. The Morgan fingerprint density at radius 1 is 1.08 bits per heavy atom. The molecule has 1 fully saturated rings. The normalized spacial score (nSPS) is 17.6. The first-order chi connectivity index (χ1) is 17.9. The Hall–Kier alpha value is -3.39. The number of anilines is 2. The zero-order valence-corrected chi connectivity index (χ0v) is 22.9. The van der Waals surface area contributed by atoms with Gasteiger partial charge in [-0.15, -0.1) is 11.3 Å². The van der Waals surface area contributed by atoms with Crippen molar-refractivity contribution in [3.8, 4) is 0 Å². The van der Waals surface area contributed by atoms with Crippen LogP contribution >= 0.6 is 11.3 Å². The first-order valence-corrected chi connectivity index (χ1v) is 13.9. The number of hydrogen-bond acceptors (Lipinski definition) is 6. The van der Waals surface area contributed by atoms with Crippen LogP contribution in [0.4, 0.5) is 11.8 Å². The van der Waals surface area contributed by atoms with Gasteiger partial charge < -0.3 is 20.1 Å². The van der Waals surface area contributed by atoms with Gasteiger partial charge in [0.1, 0.15) is 5.82 Å². The van der Waals surface area contributed by atoms with Crippen LogP contribution in [0.2, 0.25) is 0 Å². The van der Waals surface area contributed by atoms with Crippen molar-refractivity contribution in [1.29, 1.82) is 0 Å². The number of fused-ring (bicyclic) bond motifs is 1. The number of nitrogens with one attached hydrogen (secondary N) is 2. The van der Waals surface area contributed by atoms with E-state index in [9.17, 15) is 4.79 Å². The highest BCUT2D eigenvalue weighted by molar-refractivity contribution is 7.09. The summed E-state index contributed by atoms with van der Waals surface area (Å²) in [5.41, 5.74) is 3.89. The van der Waals surface area contributed by atoms with Gasteiger partial charge in [0.15, 0.2) is 0 Å². The van der Waals surface area contributed by atoms with Crippen molar-refractivity contribution >= 4 is 39.9 Å². The average molecular weight is 517 g/mol. The average Bonchev–Trinajstić information content (AvgIpc) is 3.51. The molecule has 4 aromatic rings. The highest BCUT2D eigenvalue weighted by Gasteiger charge is 2.24. The maximum Gasteiger partial charge on any atom is 0.253 e. The van der Waals surface area contributed by atoms with E-state index in [1.54, 1.807) is 11.3 Å². The monoisotopic (exact) mass is 516 g/mol. The number of carbonyl (C=O) groups excluding carboxylic acids is 1. The summed E-state index contributed by atoms with van der Waals surface area (Å²) in [6.07, 6.45) is 4.24. The standard InChI is InChI=1S/C29H36N6OS/c1-19-16-25(20(2)35(19)18-23-8-7-15-37-23)28(36)30-17-21-11-13-22(14-12-21)31-29-32-26-10-6-5-9-24(26)27(33-29)34(3)4/h5-10,15-16,21-22H,11-14,17-18H2,1-4H3,(H,30,36)(H,31,32,33). The van der Waals surface area contributed by atoms with Crippen LogP contribution < -0.4 is 15.5 Å². The summed E-state index contributed by atoms with van der Waals surface area (Å²) in [7, 11) is 4.03. The van der Waals surface area contributed by atoms with Crippen molar-refractivity contribution in [2.24, 2.45) is 5.92 Å². The molecule has 0 unspecified atom stereocenters. The van der Waals surface area contributed by atoms with Gasteiger partial charge in [-0.1, -0.05) is 18.2 Å². The third-order valence-electron chi connectivity index (χ3n) is 7.45. The highest BCUT2D eigenvalue weighted by atomic mass is 32.1.